The number of rotatable bonds is 2. The number of H-pyrrole nitrogens is 1. The number of benzene rings is 2. The number of hydrogen-bond acceptors (Lipinski definition) is 2. The average Bonchev–Trinajstić information content (AvgIpc) is 2.69. The molecule has 9 heteroatoms. The average molecular weight is 436 g/mol. The summed E-state index contributed by atoms with van der Waals surface area (Å²) < 4.78 is 41.8. The molecule has 2 aromatic carbocycles. The first-order valence-electron chi connectivity index (χ1n) is 9.29. The molecular formula is C21H17ClF3N3O2. The van der Waals surface area contributed by atoms with Gasteiger partial charge in [-0.05, 0) is 43.5 Å². The van der Waals surface area contributed by atoms with Gasteiger partial charge in [0.2, 0.25) is 0 Å². The van der Waals surface area contributed by atoms with E-state index in [4.69, 9.17) is 11.6 Å². The van der Waals surface area contributed by atoms with Crippen LogP contribution in [-0.2, 0) is 6.42 Å². The summed E-state index contributed by atoms with van der Waals surface area (Å²) in [6.45, 7) is 0. The molecule has 0 fully saturated rings. The first-order chi connectivity index (χ1) is 14.3. The van der Waals surface area contributed by atoms with E-state index in [2.05, 4.69) is 10.3 Å². The molecule has 0 saturated carbocycles. The minimum absolute atomic E-state index is 0.0179. The lowest BCUT2D eigenvalue weighted by Crippen LogP contribution is -2.37. The highest BCUT2D eigenvalue weighted by molar-refractivity contribution is 6.31. The number of carbonyl (C=O) groups is 1. The zero-order valence-electron chi connectivity index (χ0n) is 15.9. The van der Waals surface area contributed by atoms with Crippen molar-refractivity contribution in [2.45, 2.75) is 25.3 Å². The highest BCUT2D eigenvalue weighted by Crippen LogP contribution is 2.38. The number of aromatic amines is 1. The molecule has 0 bridgehead atoms. The van der Waals surface area contributed by atoms with E-state index >= 15 is 0 Å². The third-order valence-electron chi connectivity index (χ3n) is 5.35. The fourth-order valence-corrected chi connectivity index (χ4v) is 4.13. The number of hydrogen-bond donors (Lipinski definition) is 2. The SMILES string of the molecule is CN(C(=O)Nc1ccc(F)c(Cl)c1)[C@@H]1CCCc2[nH]c(=O)c3cc(F)cc(F)c3c21. The van der Waals surface area contributed by atoms with Crippen molar-refractivity contribution in [3.63, 3.8) is 0 Å². The van der Waals surface area contributed by atoms with Crippen LogP contribution in [0.15, 0.2) is 35.1 Å². The second-order valence-electron chi connectivity index (χ2n) is 7.23. The van der Waals surface area contributed by atoms with E-state index in [1.165, 1.54) is 17.0 Å². The Morgan fingerprint density at radius 3 is 2.70 bits per heavy atom. The maximum atomic E-state index is 14.7. The topological polar surface area (TPSA) is 65.2 Å². The summed E-state index contributed by atoms with van der Waals surface area (Å²) in [5.41, 5.74) is 0.714. The van der Waals surface area contributed by atoms with Gasteiger partial charge in [0.25, 0.3) is 5.56 Å². The number of fused-ring (bicyclic) bond motifs is 3. The molecule has 1 aliphatic rings. The van der Waals surface area contributed by atoms with Gasteiger partial charge in [-0.2, -0.15) is 0 Å². The molecule has 156 valence electrons. The fraction of sp³-hybridized carbons (Fsp3) is 0.238. The van der Waals surface area contributed by atoms with Crippen molar-refractivity contribution in [3.8, 4) is 0 Å². The monoisotopic (exact) mass is 435 g/mol. The van der Waals surface area contributed by atoms with Crippen molar-refractivity contribution in [1.29, 1.82) is 0 Å². The van der Waals surface area contributed by atoms with Crippen LogP contribution >= 0.6 is 11.6 Å². The van der Waals surface area contributed by atoms with Gasteiger partial charge in [-0.1, -0.05) is 11.6 Å². The summed E-state index contributed by atoms with van der Waals surface area (Å²) in [7, 11) is 1.54. The second kappa shape index (κ2) is 7.68. The van der Waals surface area contributed by atoms with Gasteiger partial charge in [0.15, 0.2) is 0 Å². The Morgan fingerprint density at radius 2 is 1.97 bits per heavy atom. The maximum absolute atomic E-state index is 14.7. The zero-order valence-corrected chi connectivity index (χ0v) is 16.6. The Balaban J connectivity index is 1.75. The summed E-state index contributed by atoms with van der Waals surface area (Å²) in [6, 6.07) is 4.44. The van der Waals surface area contributed by atoms with Crippen molar-refractivity contribution in [2.24, 2.45) is 0 Å². The molecule has 5 nitrogen and oxygen atoms in total. The number of urea groups is 1. The van der Waals surface area contributed by atoms with Crippen molar-refractivity contribution in [1.82, 2.24) is 9.88 Å². The Labute approximate surface area is 174 Å². The summed E-state index contributed by atoms with van der Waals surface area (Å²) in [6.07, 6.45) is 1.71. The molecule has 0 unspecified atom stereocenters. The maximum Gasteiger partial charge on any atom is 0.322 e. The molecule has 2 N–H and O–H groups in total. The van der Waals surface area contributed by atoms with E-state index in [0.717, 1.165) is 18.2 Å². The van der Waals surface area contributed by atoms with Crippen LogP contribution in [0.3, 0.4) is 0 Å². The quantitative estimate of drug-likeness (QED) is 0.585. The van der Waals surface area contributed by atoms with E-state index in [1.54, 1.807) is 7.05 Å². The van der Waals surface area contributed by atoms with Crippen LogP contribution in [0.5, 0.6) is 0 Å². The highest BCUT2D eigenvalue weighted by Gasteiger charge is 2.31. The molecule has 30 heavy (non-hydrogen) atoms. The largest absolute Gasteiger partial charge is 0.325 e. The van der Waals surface area contributed by atoms with Gasteiger partial charge >= 0.3 is 6.03 Å². The number of pyridine rings is 1. The van der Waals surface area contributed by atoms with E-state index in [0.29, 0.717) is 36.2 Å². The van der Waals surface area contributed by atoms with Crippen molar-refractivity contribution in [3.05, 3.63) is 74.4 Å². The number of nitrogens with zero attached hydrogens (tertiary/aromatic N) is 1. The van der Waals surface area contributed by atoms with Crippen LogP contribution in [0.25, 0.3) is 10.8 Å². The number of halogens is 4. The third-order valence-corrected chi connectivity index (χ3v) is 5.64. The van der Waals surface area contributed by atoms with Gasteiger partial charge in [-0.15, -0.1) is 0 Å². The van der Waals surface area contributed by atoms with Crippen LogP contribution in [0.2, 0.25) is 5.02 Å². The number of aromatic nitrogens is 1. The summed E-state index contributed by atoms with van der Waals surface area (Å²) >= 11 is 5.76. The van der Waals surface area contributed by atoms with Crippen LogP contribution in [-0.4, -0.2) is 23.0 Å². The number of amides is 2. The summed E-state index contributed by atoms with van der Waals surface area (Å²) in [5.74, 6) is -2.31. The van der Waals surface area contributed by atoms with E-state index in [-0.39, 0.29) is 15.8 Å². The number of anilines is 1. The van der Waals surface area contributed by atoms with Crippen LogP contribution in [0.1, 0.15) is 30.1 Å². The standard InChI is InChI=1S/C21H17ClF3N3O2/c1-28(21(30)26-11-5-6-14(24)13(22)9-11)17-4-2-3-16-19(17)18-12(20(29)27-16)7-10(23)8-15(18)25/h5-9,17H,2-4H2,1H3,(H,26,30)(H,27,29)/t17-/m1/s1. The van der Waals surface area contributed by atoms with Gasteiger partial charge in [0.05, 0.1) is 16.5 Å². The minimum atomic E-state index is -0.850. The first kappa shape index (κ1) is 20.3. The summed E-state index contributed by atoms with van der Waals surface area (Å²) in [4.78, 5) is 29.2. The van der Waals surface area contributed by atoms with Crippen molar-refractivity contribution < 1.29 is 18.0 Å². The van der Waals surface area contributed by atoms with Gasteiger partial charge < -0.3 is 15.2 Å². The van der Waals surface area contributed by atoms with Crippen LogP contribution < -0.4 is 10.9 Å². The molecular weight excluding hydrogens is 419 g/mol. The predicted octanol–water partition coefficient (Wildman–Crippen LogP) is 5.14. The molecule has 0 aliphatic heterocycles. The predicted molar refractivity (Wildman–Crippen MR) is 108 cm³/mol. The van der Waals surface area contributed by atoms with Crippen molar-refractivity contribution >= 4 is 34.1 Å². The number of carbonyl (C=O) groups excluding carboxylic acids is 1. The van der Waals surface area contributed by atoms with Gasteiger partial charge in [-0.3, -0.25) is 4.79 Å². The van der Waals surface area contributed by atoms with Gasteiger partial charge in [0.1, 0.15) is 17.5 Å². The Bertz CT molecular complexity index is 1230. The molecule has 1 aromatic heterocycles. The molecule has 3 aromatic rings. The minimum Gasteiger partial charge on any atom is -0.325 e. The molecule has 2 amide bonds. The van der Waals surface area contributed by atoms with E-state index in [9.17, 15) is 22.8 Å². The van der Waals surface area contributed by atoms with Gasteiger partial charge in [-0.25, -0.2) is 18.0 Å². The Kier molecular flexibility index (Phi) is 5.19. The molecule has 1 atom stereocenters. The summed E-state index contributed by atoms with van der Waals surface area (Å²) in [5, 5.41) is 2.42. The smallest absolute Gasteiger partial charge is 0.322 e. The van der Waals surface area contributed by atoms with Crippen molar-refractivity contribution in [2.75, 3.05) is 12.4 Å². The second-order valence-corrected chi connectivity index (χ2v) is 7.64. The Morgan fingerprint density at radius 1 is 1.20 bits per heavy atom. The van der Waals surface area contributed by atoms with E-state index in [1.807, 2.05) is 0 Å². The fourth-order valence-electron chi connectivity index (χ4n) is 3.94. The molecule has 0 saturated heterocycles. The molecule has 4 rings (SSSR count). The van der Waals surface area contributed by atoms with E-state index < -0.39 is 35.1 Å². The third kappa shape index (κ3) is 3.52. The highest BCUT2D eigenvalue weighted by atomic mass is 35.5. The zero-order chi connectivity index (χ0) is 21.6. The molecule has 0 radical (unpaired) electrons. The number of nitrogens with one attached hydrogen (secondary N) is 2. The number of aryl methyl sites for hydroxylation is 1. The lowest BCUT2D eigenvalue weighted by atomic mass is 9.86. The van der Waals surface area contributed by atoms with Gasteiger partial charge in [0, 0.05) is 35.4 Å². The Hall–Kier alpha value is -3.00. The molecule has 0 spiro atoms. The first-order valence-corrected chi connectivity index (χ1v) is 9.66. The van der Waals surface area contributed by atoms with Crippen LogP contribution in [0.4, 0.5) is 23.7 Å². The van der Waals surface area contributed by atoms with Crippen LogP contribution in [0, 0.1) is 17.5 Å². The lowest BCUT2D eigenvalue weighted by Gasteiger charge is -2.34. The molecule has 1 aliphatic carbocycles. The normalized spacial score (nSPS) is 15.7. The lowest BCUT2D eigenvalue weighted by molar-refractivity contribution is 0.197. The molecule has 1 heterocycles.